The first-order valence-electron chi connectivity index (χ1n) is 4.14. The summed E-state index contributed by atoms with van der Waals surface area (Å²) in [5.74, 6) is 0.0971. The van der Waals surface area contributed by atoms with Crippen molar-refractivity contribution in [3.63, 3.8) is 0 Å². The quantitative estimate of drug-likeness (QED) is 0.700. The third-order valence-electron chi connectivity index (χ3n) is 1.74. The molecule has 0 saturated heterocycles. The normalized spacial score (nSPS) is 13.8. The first-order valence-corrected chi connectivity index (χ1v) is 8.62. The Balaban J connectivity index is 2.91. The van der Waals surface area contributed by atoms with Gasteiger partial charge in [0.2, 0.25) is 0 Å². The molecule has 6 heteroatoms. The van der Waals surface area contributed by atoms with Crippen molar-refractivity contribution in [3.05, 3.63) is 28.7 Å². The lowest BCUT2D eigenvalue weighted by atomic mass is 10.4. The summed E-state index contributed by atoms with van der Waals surface area (Å²) in [6, 6.07) is 6.66. The Labute approximate surface area is 115 Å². The van der Waals surface area contributed by atoms with Gasteiger partial charge in [0.1, 0.15) is 0 Å². The molecule has 0 saturated carbocycles. The first kappa shape index (κ1) is 13.7. The smallest absolute Gasteiger partial charge is 0.179 e. The SMILES string of the molecule is O=S(=O)(C[C@H](Br)CBr)c1ccc(Br)cc1. The summed E-state index contributed by atoms with van der Waals surface area (Å²) in [4.78, 5) is 0.294. The summed E-state index contributed by atoms with van der Waals surface area (Å²) in [6.07, 6.45) is 0. The van der Waals surface area contributed by atoms with Crippen LogP contribution in [0.2, 0.25) is 0 Å². The second-order valence-electron chi connectivity index (χ2n) is 2.99. The van der Waals surface area contributed by atoms with Gasteiger partial charge in [-0.15, -0.1) is 0 Å². The largest absolute Gasteiger partial charge is 0.224 e. The molecule has 0 N–H and O–H groups in total. The number of alkyl halides is 2. The number of hydrogen-bond donors (Lipinski definition) is 0. The molecule has 1 aromatic rings. The summed E-state index contributed by atoms with van der Waals surface area (Å²) >= 11 is 9.79. The van der Waals surface area contributed by atoms with E-state index in [4.69, 9.17) is 0 Å². The minimum absolute atomic E-state index is 0.0638. The highest BCUT2D eigenvalue weighted by Gasteiger charge is 2.18. The second kappa shape index (κ2) is 5.80. The van der Waals surface area contributed by atoms with Crippen LogP contribution >= 0.6 is 47.8 Å². The number of halogens is 3. The van der Waals surface area contributed by atoms with Crippen LogP contribution < -0.4 is 0 Å². The van der Waals surface area contributed by atoms with Crippen LogP contribution in [0, 0.1) is 0 Å². The molecule has 15 heavy (non-hydrogen) atoms. The van der Waals surface area contributed by atoms with E-state index in [1.165, 1.54) is 0 Å². The summed E-state index contributed by atoms with van der Waals surface area (Å²) in [7, 11) is -3.19. The zero-order valence-corrected chi connectivity index (χ0v) is 13.2. The van der Waals surface area contributed by atoms with Crippen LogP contribution in [-0.2, 0) is 9.84 Å². The molecule has 0 fully saturated rings. The topological polar surface area (TPSA) is 34.1 Å². The molecule has 0 aliphatic rings. The van der Waals surface area contributed by atoms with Crippen molar-refractivity contribution in [1.29, 1.82) is 0 Å². The predicted octanol–water partition coefficient (Wildman–Crippen LogP) is 3.38. The highest BCUT2D eigenvalue weighted by molar-refractivity contribution is 9.12. The zero-order valence-electron chi connectivity index (χ0n) is 7.66. The van der Waals surface area contributed by atoms with E-state index in [0.717, 1.165) is 4.47 Å². The Kier molecular flexibility index (Phi) is 5.28. The van der Waals surface area contributed by atoms with Gasteiger partial charge < -0.3 is 0 Å². The summed E-state index contributed by atoms with van der Waals surface area (Å²) in [6.45, 7) is 0. The van der Waals surface area contributed by atoms with E-state index in [1.54, 1.807) is 24.3 Å². The Morgan fingerprint density at radius 2 is 1.73 bits per heavy atom. The van der Waals surface area contributed by atoms with E-state index in [0.29, 0.717) is 10.2 Å². The molecule has 0 heterocycles. The second-order valence-corrected chi connectivity index (χ2v) is 7.88. The van der Waals surface area contributed by atoms with Gasteiger partial charge in [-0.05, 0) is 24.3 Å². The van der Waals surface area contributed by atoms with Gasteiger partial charge in [0, 0.05) is 14.6 Å². The molecule has 1 rings (SSSR count). The fourth-order valence-electron chi connectivity index (χ4n) is 1.02. The molecule has 0 unspecified atom stereocenters. The van der Waals surface area contributed by atoms with Crippen LogP contribution in [0.5, 0.6) is 0 Å². The van der Waals surface area contributed by atoms with E-state index < -0.39 is 9.84 Å². The minimum atomic E-state index is -3.19. The molecule has 2 nitrogen and oxygen atoms in total. The van der Waals surface area contributed by atoms with Crippen molar-refractivity contribution in [2.75, 3.05) is 11.1 Å². The van der Waals surface area contributed by atoms with Gasteiger partial charge >= 0.3 is 0 Å². The molecule has 0 aliphatic carbocycles. The number of rotatable bonds is 4. The van der Waals surface area contributed by atoms with E-state index in [1.807, 2.05) is 0 Å². The molecule has 1 atom stereocenters. The lowest BCUT2D eigenvalue weighted by Crippen LogP contribution is -2.17. The van der Waals surface area contributed by atoms with E-state index in [-0.39, 0.29) is 10.6 Å². The Morgan fingerprint density at radius 3 is 2.20 bits per heavy atom. The third-order valence-corrected chi connectivity index (χ3v) is 6.83. The molecule has 0 bridgehead atoms. The van der Waals surface area contributed by atoms with Gasteiger partial charge in [0.05, 0.1) is 10.6 Å². The van der Waals surface area contributed by atoms with Crippen molar-refractivity contribution >= 4 is 57.6 Å². The van der Waals surface area contributed by atoms with Crippen molar-refractivity contribution in [2.45, 2.75) is 9.72 Å². The van der Waals surface area contributed by atoms with Gasteiger partial charge in [0.25, 0.3) is 0 Å². The number of benzene rings is 1. The molecule has 0 spiro atoms. The Morgan fingerprint density at radius 1 is 1.20 bits per heavy atom. The zero-order chi connectivity index (χ0) is 11.5. The monoisotopic (exact) mass is 418 g/mol. The fourth-order valence-corrected chi connectivity index (χ4v) is 4.20. The van der Waals surface area contributed by atoms with Crippen LogP contribution in [0.15, 0.2) is 33.6 Å². The van der Waals surface area contributed by atoms with Crippen LogP contribution in [0.3, 0.4) is 0 Å². The lowest BCUT2D eigenvalue weighted by Gasteiger charge is -2.07. The van der Waals surface area contributed by atoms with Crippen molar-refractivity contribution < 1.29 is 8.42 Å². The molecular weight excluding hydrogens is 412 g/mol. The fraction of sp³-hybridized carbons (Fsp3) is 0.333. The van der Waals surface area contributed by atoms with Crippen LogP contribution in [0.4, 0.5) is 0 Å². The van der Waals surface area contributed by atoms with Crippen LogP contribution in [0.1, 0.15) is 0 Å². The Bertz CT molecular complexity index is 413. The van der Waals surface area contributed by atoms with Crippen molar-refractivity contribution in [2.24, 2.45) is 0 Å². The van der Waals surface area contributed by atoms with Gasteiger partial charge in [-0.3, -0.25) is 0 Å². The maximum absolute atomic E-state index is 11.8. The molecular formula is C9H9Br3O2S. The van der Waals surface area contributed by atoms with Crippen molar-refractivity contribution in [3.8, 4) is 0 Å². The van der Waals surface area contributed by atoms with Gasteiger partial charge in [-0.25, -0.2) is 8.42 Å². The van der Waals surface area contributed by atoms with E-state index in [9.17, 15) is 8.42 Å². The minimum Gasteiger partial charge on any atom is -0.224 e. The van der Waals surface area contributed by atoms with Gasteiger partial charge in [0.15, 0.2) is 9.84 Å². The van der Waals surface area contributed by atoms with Gasteiger partial charge in [-0.1, -0.05) is 47.8 Å². The highest BCUT2D eigenvalue weighted by Crippen LogP contribution is 2.18. The summed E-state index contributed by atoms with van der Waals surface area (Å²) in [5, 5.41) is 0.614. The molecule has 0 aromatic heterocycles. The average Bonchev–Trinajstić information content (AvgIpc) is 2.17. The van der Waals surface area contributed by atoms with E-state index >= 15 is 0 Å². The van der Waals surface area contributed by atoms with Crippen LogP contribution in [-0.4, -0.2) is 24.3 Å². The maximum atomic E-state index is 11.8. The van der Waals surface area contributed by atoms with Crippen LogP contribution in [0.25, 0.3) is 0 Å². The summed E-state index contributed by atoms with van der Waals surface area (Å²) in [5.41, 5.74) is 0. The van der Waals surface area contributed by atoms with Crippen molar-refractivity contribution in [1.82, 2.24) is 0 Å². The van der Waals surface area contributed by atoms with Gasteiger partial charge in [-0.2, -0.15) is 0 Å². The first-order chi connectivity index (χ1) is 6.95. The highest BCUT2D eigenvalue weighted by atomic mass is 79.9. The molecule has 84 valence electrons. The molecule has 0 aliphatic heterocycles. The molecule has 0 radical (unpaired) electrons. The predicted molar refractivity (Wildman–Crippen MR) is 72.7 cm³/mol. The summed E-state index contributed by atoms with van der Waals surface area (Å²) < 4.78 is 24.6. The average molecular weight is 421 g/mol. The Hall–Kier alpha value is 0.610. The molecule has 1 aromatic carbocycles. The number of hydrogen-bond acceptors (Lipinski definition) is 2. The standard InChI is InChI=1S/C9H9Br3O2S/c10-5-8(12)6-15(13,14)9-3-1-7(11)2-4-9/h1-4,8H,5-6H2/t8-/m1/s1. The maximum Gasteiger partial charge on any atom is 0.179 e. The number of sulfone groups is 1. The molecule has 0 amide bonds. The van der Waals surface area contributed by atoms with E-state index in [2.05, 4.69) is 47.8 Å². The third kappa shape index (κ3) is 4.17. The lowest BCUT2D eigenvalue weighted by molar-refractivity contribution is 0.595.